The number of unbranched alkanes of at least 4 members (excludes halogenated alkanes) is 2. The molecule has 1 unspecified atom stereocenters. The number of carbonyl (C=O) groups is 3. The third-order valence-corrected chi connectivity index (χ3v) is 8.35. The van der Waals surface area contributed by atoms with Crippen molar-refractivity contribution in [3.05, 3.63) is 101 Å². The fourth-order valence-corrected chi connectivity index (χ4v) is 5.81. The third kappa shape index (κ3) is 13.0. The van der Waals surface area contributed by atoms with Crippen LogP contribution in [0.4, 0.5) is 8.78 Å². The van der Waals surface area contributed by atoms with E-state index in [0.717, 1.165) is 36.3 Å². The Hall–Kier alpha value is -4.38. The van der Waals surface area contributed by atoms with Gasteiger partial charge in [-0.2, -0.15) is 17.0 Å². The van der Waals surface area contributed by atoms with E-state index in [-0.39, 0.29) is 49.3 Å². The molecule has 13 heteroatoms. The van der Waals surface area contributed by atoms with Gasteiger partial charge >= 0.3 is 0 Å². The van der Waals surface area contributed by atoms with Crippen molar-refractivity contribution >= 4 is 29.5 Å². The summed E-state index contributed by atoms with van der Waals surface area (Å²) in [5, 5.41) is 28.8. The molecule has 0 bridgehead atoms. The van der Waals surface area contributed by atoms with Gasteiger partial charge in [0, 0.05) is 43.8 Å². The number of amides is 3. The van der Waals surface area contributed by atoms with Gasteiger partial charge in [0.05, 0.1) is 17.7 Å². The number of nitrogens with one attached hydrogen (secondary N) is 3. The van der Waals surface area contributed by atoms with Crippen LogP contribution in [0, 0.1) is 23.0 Å². The van der Waals surface area contributed by atoms with Crippen LogP contribution in [0.2, 0.25) is 0 Å². The lowest BCUT2D eigenvalue weighted by molar-refractivity contribution is -0.144. The van der Waals surface area contributed by atoms with E-state index >= 15 is 0 Å². The fraction of sp³-hybridized carbons (Fsp3) is 0.400. The highest BCUT2D eigenvalue weighted by molar-refractivity contribution is 7.99. The highest BCUT2D eigenvalue weighted by atomic mass is 32.2. The van der Waals surface area contributed by atoms with E-state index in [4.69, 9.17) is 10.00 Å². The van der Waals surface area contributed by atoms with Crippen LogP contribution in [-0.2, 0) is 27.3 Å². The summed E-state index contributed by atoms with van der Waals surface area (Å²) < 4.78 is 34.2. The van der Waals surface area contributed by atoms with Gasteiger partial charge in [-0.15, -0.1) is 0 Å². The van der Waals surface area contributed by atoms with E-state index in [9.17, 15) is 28.3 Å². The molecular weight excluding hydrogens is 640 g/mol. The number of halogens is 2. The molecule has 0 aliphatic carbocycles. The molecule has 1 heterocycles. The van der Waals surface area contributed by atoms with Crippen molar-refractivity contribution in [2.75, 3.05) is 18.1 Å². The van der Waals surface area contributed by atoms with E-state index < -0.39 is 53.6 Å². The Labute approximate surface area is 283 Å². The fourth-order valence-electron chi connectivity index (χ4n) is 4.68. The number of hydrogen-bond donors (Lipinski definition) is 4. The molecular formula is C35H41F2N5O5S. The van der Waals surface area contributed by atoms with Crippen LogP contribution in [0.3, 0.4) is 0 Å². The summed E-state index contributed by atoms with van der Waals surface area (Å²) in [6, 6.07) is 14.6. The smallest absolute Gasteiger partial charge is 0.253 e. The van der Waals surface area contributed by atoms with Gasteiger partial charge in [-0.1, -0.05) is 43.7 Å². The van der Waals surface area contributed by atoms with Crippen molar-refractivity contribution in [3.8, 4) is 6.07 Å². The SMILES string of the molecule is CCCCSCC(NC(=O)c1cccnc1)C(=O)N[C@@H](Cc1cc(F)cc(F)c1)[C@@H](O)[C@@H](OCCCC#N)C(=O)NCc1ccccc1. The molecule has 3 aromatic rings. The summed E-state index contributed by atoms with van der Waals surface area (Å²) in [5.41, 5.74) is 1.14. The van der Waals surface area contributed by atoms with E-state index in [0.29, 0.717) is 6.07 Å². The molecule has 4 atom stereocenters. The second-order valence-electron chi connectivity index (χ2n) is 11.0. The summed E-state index contributed by atoms with van der Waals surface area (Å²) in [5.74, 6) is -2.69. The molecule has 0 saturated heterocycles. The number of aliphatic hydroxyl groups is 1. The van der Waals surface area contributed by atoms with E-state index in [2.05, 4.69) is 20.9 Å². The number of nitrogens with zero attached hydrogens (tertiary/aromatic N) is 2. The van der Waals surface area contributed by atoms with Crippen LogP contribution < -0.4 is 16.0 Å². The molecule has 0 aliphatic rings. The number of aliphatic hydroxyl groups excluding tert-OH is 1. The molecule has 0 radical (unpaired) electrons. The Bertz CT molecular complexity index is 1480. The summed E-state index contributed by atoms with van der Waals surface area (Å²) in [6.07, 6.45) is 1.61. The first-order chi connectivity index (χ1) is 23.2. The Morgan fingerprint density at radius 1 is 1.00 bits per heavy atom. The quantitative estimate of drug-likeness (QED) is 0.130. The van der Waals surface area contributed by atoms with Crippen LogP contribution in [0.1, 0.15) is 54.1 Å². The van der Waals surface area contributed by atoms with Gasteiger partial charge in [-0.05, 0) is 60.4 Å². The molecule has 0 saturated carbocycles. The normalized spacial score (nSPS) is 13.4. The maximum atomic E-state index is 14.2. The lowest BCUT2D eigenvalue weighted by Crippen LogP contribution is -2.58. The second kappa shape index (κ2) is 20.8. The van der Waals surface area contributed by atoms with Gasteiger partial charge in [0.2, 0.25) is 5.91 Å². The minimum absolute atomic E-state index is 0.0544. The average molecular weight is 682 g/mol. The van der Waals surface area contributed by atoms with Crippen molar-refractivity contribution in [1.82, 2.24) is 20.9 Å². The van der Waals surface area contributed by atoms with Gasteiger partial charge in [-0.3, -0.25) is 19.4 Å². The maximum Gasteiger partial charge on any atom is 0.253 e. The van der Waals surface area contributed by atoms with Crippen LogP contribution in [0.5, 0.6) is 0 Å². The molecule has 1 aromatic heterocycles. The molecule has 10 nitrogen and oxygen atoms in total. The number of ether oxygens (including phenoxy) is 1. The Morgan fingerprint density at radius 2 is 1.75 bits per heavy atom. The first kappa shape index (κ1) is 38.1. The van der Waals surface area contributed by atoms with Crippen LogP contribution >= 0.6 is 11.8 Å². The van der Waals surface area contributed by atoms with Crippen molar-refractivity contribution in [3.63, 3.8) is 0 Å². The van der Waals surface area contributed by atoms with Gasteiger partial charge in [-0.25, -0.2) is 8.78 Å². The Balaban J connectivity index is 1.90. The average Bonchev–Trinajstić information content (AvgIpc) is 3.08. The zero-order chi connectivity index (χ0) is 34.7. The topological polar surface area (TPSA) is 153 Å². The summed E-state index contributed by atoms with van der Waals surface area (Å²) in [6.45, 7) is 2.10. The third-order valence-electron chi connectivity index (χ3n) is 7.20. The summed E-state index contributed by atoms with van der Waals surface area (Å²) >= 11 is 1.46. The standard InChI is InChI=1S/C35H41F2N5O5S/c1-2-3-16-48-23-30(42-33(44)26-12-9-14-39-22-26)34(45)41-29(19-25-17-27(36)20-28(37)18-25)31(43)32(47-15-8-7-13-38)35(46)40-21-24-10-5-4-6-11-24/h4-6,9-12,14,17-18,20,22,29-32,43H,2-3,7-8,15-16,19,21,23H2,1H3,(H,40,46)(H,41,45)(H,42,44)/t29-,30?,31+,32+/m0/s1. The highest BCUT2D eigenvalue weighted by Crippen LogP contribution is 2.17. The van der Waals surface area contributed by atoms with Gasteiger partial charge in [0.1, 0.15) is 23.8 Å². The zero-order valence-electron chi connectivity index (χ0n) is 26.7. The van der Waals surface area contributed by atoms with E-state index in [1.54, 1.807) is 36.4 Å². The van der Waals surface area contributed by atoms with Crippen LogP contribution in [0.25, 0.3) is 0 Å². The number of benzene rings is 2. The Morgan fingerprint density at radius 3 is 2.42 bits per heavy atom. The van der Waals surface area contributed by atoms with Crippen molar-refractivity contribution < 1.29 is 33.0 Å². The number of nitriles is 1. The molecule has 2 aromatic carbocycles. The molecule has 0 spiro atoms. The minimum atomic E-state index is -1.71. The van der Waals surface area contributed by atoms with Crippen molar-refractivity contribution in [1.29, 1.82) is 5.26 Å². The number of rotatable bonds is 20. The predicted octanol–water partition coefficient (Wildman–Crippen LogP) is 4.09. The van der Waals surface area contributed by atoms with Gasteiger partial charge in [0.15, 0.2) is 6.10 Å². The number of hydrogen-bond acceptors (Lipinski definition) is 8. The van der Waals surface area contributed by atoms with Crippen molar-refractivity contribution in [2.24, 2.45) is 0 Å². The molecule has 0 aliphatic heterocycles. The van der Waals surface area contributed by atoms with Crippen LogP contribution in [-0.4, -0.2) is 70.2 Å². The Kier molecular flexibility index (Phi) is 16.5. The van der Waals surface area contributed by atoms with E-state index in [1.165, 1.54) is 24.2 Å². The monoisotopic (exact) mass is 681 g/mol. The maximum absolute atomic E-state index is 14.2. The molecule has 3 amide bonds. The zero-order valence-corrected chi connectivity index (χ0v) is 27.6. The van der Waals surface area contributed by atoms with Crippen LogP contribution in [0.15, 0.2) is 73.1 Å². The largest absolute Gasteiger partial charge is 0.388 e. The number of carbonyl (C=O) groups excluding carboxylic acids is 3. The number of thioether (sulfide) groups is 1. The summed E-state index contributed by atoms with van der Waals surface area (Å²) in [4.78, 5) is 44.3. The molecule has 4 N–H and O–H groups in total. The molecule has 3 rings (SSSR count). The molecule has 0 fully saturated rings. The molecule has 256 valence electrons. The minimum Gasteiger partial charge on any atom is -0.388 e. The first-order valence-corrected chi connectivity index (χ1v) is 16.9. The lowest BCUT2D eigenvalue weighted by Gasteiger charge is -2.31. The van der Waals surface area contributed by atoms with E-state index in [1.807, 2.05) is 19.1 Å². The summed E-state index contributed by atoms with van der Waals surface area (Å²) in [7, 11) is 0. The van der Waals surface area contributed by atoms with Crippen molar-refractivity contribution in [2.45, 2.75) is 69.9 Å². The number of aromatic nitrogens is 1. The lowest BCUT2D eigenvalue weighted by atomic mass is 9.96. The van der Waals surface area contributed by atoms with Gasteiger partial charge < -0.3 is 25.8 Å². The second-order valence-corrected chi connectivity index (χ2v) is 12.2. The molecule has 48 heavy (non-hydrogen) atoms. The number of pyridine rings is 1. The first-order valence-electron chi connectivity index (χ1n) is 15.7. The van der Waals surface area contributed by atoms with Gasteiger partial charge in [0.25, 0.3) is 11.8 Å². The predicted molar refractivity (Wildman–Crippen MR) is 179 cm³/mol. The highest BCUT2D eigenvalue weighted by Gasteiger charge is 2.36.